The average Bonchev–Trinajstić information content (AvgIpc) is 2.83. The van der Waals surface area contributed by atoms with Crippen molar-refractivity contribution in [2.75, 3.05) is 0 Å². The summed E-state index contributed by atoms with van der Waals surface area (Å²) in [6.45, 7) is 12.9. The van der Waals surface area contributed by atoms with Gasteiger partial charge in [-0.3, -0.25) is 0 Å². The van der Waals surface area contributed by atoms with Crippen molar-refractivity contribution in [2.24, 2.45) is 0 Å². The molecule has 2 aromatic rings. The fourth-order valence-electron chi connectivity index (χ4n) is 2.20. The molecular weight excluding hydrogens is 282 g/mol. The standard InChI is InChI=1S/C17H24ClN3/c1-10(2)14-7-13(18)8-17(19-14)21-16(12(5)6)9-15(20-21)11(3)4/h7-12H,1-6H3. The first-order valence-electron chi connectivity index (χ1n) is 7.57. The van der Waals surface area contributed by atoms with Crippen LogP contribution in [-0.2, 0) is 0 Å². The van der Waals surface area contributed by atoms with Crippen LogP contribution in [0.25, 0.3) is 5.82 Å². The molecule has 0 atom stereocenters. The molecule has 0 saturated carbocycles. The van der Waals surface area contributed by atoms with Gasteiger partial charge in [-0.05, 0) is 29.9 Å². The quantitative estimate of drug-likeness (QED) is 0.768. The Morgan fingerprint density at radius 1 is 0.857 bits per heavy atom. The van der Waals surface area contributed by atoms with Gasteiger partial charge in [-0.2, -0.15) is 5.10 Å². The molecule has 2 aromatic heterocycles. The van der Waals surface area contributed by atoms with Crippen LogP contribution in [0, 0.1) is 0 Å². The van der Waals surface area contributed by atoms with E-state index in [9.17, 15) is 0 Å². The molecule has 21 heavy (non-hydrogen) atoms. The van der Waals surface area contributed by atoms with Crippen molar-refractivity contribution in [1.82, 2.24) is 14.8 Å². The van der Waals surface area contributed by atoms with E-state index in [1.54, 1.807) is 0 Å². The van der Waals surface area contributed by atoms with E-state index in [2.05, 4.69) is 47.6 Å². The molecule has 0 N–H and O–H groups in total. The number of aromatic nitrogens is 3. The summed E-state index contributed by atoms with van der Waals surface area (Å²) in [7, 11) is 0. The van der Waals surface area contributed by atoms with Crippen molar-refractivity contribution in [3.05, 3.63) is 40.3 Å². The number of nitrogens with zero attached hydrogens (tertiary/aromatic N) is 3. The minimum absolute atomic E-state index is 0.338. The number of pyridine rings is 1. The van der Waals surface area contributed by atoms with Gasteiger partial charge >= 0.3 is 0 Å². The second-order valence-corrected chi connectivity index (χ2v) is 6.87. The van der Waals surface area contributed by atoms with Crippen LogP contribution in [0.2, 0.25) is 5.02 Å². The van der Waals surface area contributed by atoms with Crippen LogP contribution in [0.4, 0.5) is 0 Å². The van der Waals surface area contributed by atoms with Crippen LogP contribution in [0.15, 0.2) is 18.2 Å². The molecule has 0 saturated heterocycles. The zero-order valence-corrected chi connectivity index (χ0v) is 14.4. The van der Waals surface area contributed by atoms with Crippen LogP contribution in [0.1, 0.15) is 76.4 Å². The normalized spacial score (nSPS) is 11.9. The second kappa shape index (κ2) is 6.18. The molecule has 0 aromatic carbocycles. The third-order valence-corrected chi connectivity index (χ3v) is 3.76. The van der Waals surface area contributed by atoms with Gasteiger partial charge in [0, 0.05) is 22.5 Å². The van der Waals surface area contributed by atoms with E-state index in [1.807, 2.05) is 16.8 Å². The monoisotopic (exact) mass is 305 g/mol. The fourth-order valence-corrected chi connectivity index (χ4v) is 2.41. The summed E-state index contributed by atoms with van der Waals surface area (Å²) < 4.78 is 1.94. The van der Waals surface area contributed by atoms with E-state index in [-0.39, 0.29) is 0 Å². The lowest BCUT2D eigenvalue weighted by atomic mass is 10.1. The first kappa shape index (κ1) is 16.0. The summed E-state index contributed by atoms with van der Waals surface area (Å²) in [5.41, 5.74) is 3.25. The van der Waals surface area contributed by atoms with Gasteiger partial charge in [0.15, 0.2) is 5.82 Å². The largest absolute Gasteiger partial charge is 0.233 e. The highest BCUT2D eigenvalue weighted by Gasteiger charge is 2.16. The molecule has 114 valence electrons. The molecule has 0 bridgehead atoms. The molecule has 0 unspecified atom stereocenters. The Balaban J connectivity index is 2.60. The molecule has 0 aliphatic rings. The van der Waals surface area contributed by atoms with Crippen molar-refractivity contribution in [2.45, 2.75) is 59.3 Å². The molecule has 0 fully saturated rings. The zero-order valence-electron chi connectivity index (χ0n) is 13.7. The minimum Gasteiger partial charge on any atom is -0.233 e. The molecule has 3 nitrogen and oxygen atoms in total. The number of hydrogen-bond donors (Lipinski definition) is 0. The fraction of sp³-hybridized carbons (Fsp3) is 0.529. The summed E-state index contributed by atoms with van der Waals surface area (Å²) in [5.74, 6) is 1.92. The number of halogens is 1. The molecule has 0 aliphatic heterocycles. The molecule has 0 amide bonds. The summed E-state index contributed by atoms with van der Waals surface area (Å²) in [4.78, 5) is 4.74. The Bertz CT molecular complexity index is 627. The highest BCUT2D eigenvalue weighted by Crippen LogP contribution is 2.26. The van der Waals surface area contributed by atoms with Crippen LogP contribution < -0.4 is 0 Å². The van der Waals surface area contributed by atoms with E-state index in [0.717, 1.165) is 17.2 Å². The Kier molecular flexibility index (Phi) is 4.72. The van der Waals surface area contributed by atoms with Gasteiger partial charge in [0.25, 0.3) is 0 Å². The lowest BCUT2D eigenvalue weighted by Gasteiger charge is -2.12. The third-order valence-electron chi connectivity index (χ3n) is 3.54. The summed E-state index contributed by atoms with van der Waals surface area (Å²) >= 11 is 6.26. The predicted molar refractivity (Wildman–Crippen MR) is 88.6 cm³/mol. The van der Waals surface area contributed by atoms with Crippen molar-refractivity contribution < 1.29 is 0 Å². The van der Waals surface area contributed by atoms with Crippen molar-refractivity contribution in [3.63, 3.8) is 0 Å². The van der Waals surface area contributed by atoms with Crippen LogP contribution in [0.5, 0.6) is 0 Å². The molecule has 0 radical (unpaired) electrons. The lowest BCUT2D eigenvalue weighted by molar-refractivity contribution is 0.694. The number of rotatable bonds is 4. The van der Waals surface area contributed by atoms with Crippen molar-refractivity contribution in [1.29, 1.82) is 0 Å². The van der Waals surface area contributed by atoms with E-state index >= 15 is 0 Å². The van der Waals surface area contributed by atoms with Gasteiger partial charge in [-0.1, -0.05) is 53.1 Å². The van der Waals surface area contributed by atoms with Crippen LogP contribution in [-0.4, -0.2) is 14.8 Å². The highest BCUT2D eigenvalue weighted by molar-refractivity contribution is 6.30. The predicted octanol–water partition coefficient (Wildman–Crippen LogP) is 5.29. The summed E-state index contributed by atoms with van der Waals surface area (Å²) in [6.07, 6.45) is 0. The smallest absolute Gasteiger partial charge is 0.155 e. The van der Waals surface area contributed by atoms with Gasteiger partial charge in [-0.25, -0.2) is 9.67 Å². The van der Waals surface area contributed by atoms with Gasteiger partial charge in [0.2, 0.25) is 0 Å². The third kappa shape index (κ3) is 3.46. The maximum atomic E-state index is 6.26. The summed E-state index contributed by atoms with van der Waals surface area (Å²) in [5, 5.41) is 5.45. The van der Waals surface area contributed by atoms with E-state index in [0.29, 0.717) is 22.8 Å². The van der Waals surface area contributed by atoms with E-state index < -0.39 is 0 Å². The molecular formula is C17H24ClN3. The Morgan fingerprint density at radius 3 is 2.00 bits per heavy atom. The van der Waals surface area contributed by atoms with Gasteiger partial charge in [-0.15, -0.1) is 0 Å². The first-order valence-corrected chi connectivity index (χ1v) is 7.95. The lowest BCUT2D eigenvalue weighted by Crippen LogP contribution is -2.08. The van der Waals surface area contributed by atoms with E-state index in [4.69, 9.17) is 21.7 Å². The minimum atomic E-state index is 0.338. The molecule has 2 heterocycles. The molecule has 0 aliphatic carbocycles. The molecule has 2 rings (SSSR count). The van der Waals surface area contributed by atoms with Gasteiger partial charge in [0.05, 0.1) is 5.69 Å². The van der Waals surface area contributed by atoms with Crippen molar-refractivity contribution >= 4 is 11.6 Å². The number of hydrogen-bond acceptors (Lipinski definition) is 2. The highest BCUT2D eigenvalue weighted by atomic mass is 35.5. The average molecular weight is 306 g/mol. The molecule has 0 spiro atoms. The van der Waals surface area contributed by atoms with Crippen LogP contribution >= 0.6 is 11.6 Å². The Morgan fingerprint density at radius 2 is 1.48 bits per heavy atom. The maximum Gasteiger partial charge on any atom is 0.155 e. The topological polar surface area (TPSA) is 30.7 Å². The van der Waals surface area contributed by atoms with Gasteiger partial charge in [0.1, 0.15) is 0 Å². The molecule has 4 heteroatoms. The SMILES string of the molecule is CC(C)c1cc(Cl)cc(-n2nc(C(C)C)cc2C(C)C)n1. The Hall–Kier alpha value is -1.35. The first-order chi connectivity index (χ1) is 9.79. The maximum absolute atomic E-state index is 6.26. The van der Waals surface area contributed by atoms with Crippen LogP contribution in [0.3, 0.4) is 0 Å². The Labute approximate surface area is 132 Å². The summed E-state index contributed by atoms with van der Waals surface area (Å²) in [6, 6.07) is 5.99. The van der Waals surface area contributed by atoms with Crippen molar-refractivity contribution in [3.8, 4) is 5.82 Å². The zero-order chi connectivity index (χ0) is 15.7. The second-order valence-electron chi connectivity index (χ2n) is 6.44. The van der Waals surface area contributed by atoms with Gasteiger partial charge < -0.3 is 0 Å². The van der Waals surface area contributed by atoms with E-state index in [1.165, 1.54) is 5.69 Å².